The predicted molar refractivity (Wildman–Crippen MR) is 61.2 cm³/mol. The molecular formula is C12H14FN3. The van der Waals surface area contributed by atoms with Gasteiger partial charge in [0.1, 0.15) is 6.17 Å². The molecule has 0 amide bonds. The fourth-order valence-electron chi connectivity index (χ4n) is 2.43. The van der Waals surface area contributed by atoms with Gasteiger partial charge in [0.25, 0.3) is 0 Å². The Morgan fingerprint density at radius 2 is 2.31 bits per heavy atom. The van der Waals surface area contributed by atoms with Gasteiger partial charge in [0.05, 0.1) is 5.69 Å². The molecule has 0 spiro atoms. The molecule has 0 aromatic carbocycles. The van der Waals surface area contributed by atoms with E-state index in [9.17, 15) is 4.39 Å². The van der Waals surface area contributed by atoms with Gasteiger partial charge in [-0.3, -0.25) is 4.98 Å². The zero-order valence-corrected chi connectivity index (χ0v) is 8.91. The van der Waals surface area contributed by atoms with Crippen LogP contribution in [-0.2, 0) is 0 Å². The number of halogens is 1. The van der Waals surface area contributed by atoms with E-state index in [4.69, 9.17) is 0 Å². The zero-order chi connectivity index (χ0) is 11.0. The summed E-state index contributed by atoms with van der Waals surface area (Å²) >= 11 is 0. The van der Waals surface area contributed by atoms with Crippen molar-refractivity contribution in [1.29, 1.82) is 0 Å². The van der Waals surface area contributed by atoms with Gasteiger partial charge in [0, 0.05) is 35.8 Å². The van der Waals surface area contributed by atoms with Crippen molar-refractivity contribution in [3.63, 3.8) is 0 Å². The van der Waals surface area contributed by atoms with Gasteiger partial charge in [-0.25, -0.2) is 4.39 Å². The van der Waals surface area contributed by atoms with Gasteiger partial charge in [0.15, 0.2) is 0 Å². The molecule has 84 valence electrons. The highest BCUT2D eigenvalue weighted by molar-refractivity contribution is 5.81. The van der Waals surface area contributed by atoms with Gasteiger partial charge in [-0.1, -0.05) is 0 Å². The average molecular weight is 219 g/mol. The summed E-state index contributed by atoms with van der Waals surface area (Å²) in [5.74, 6) is -0.0688. The standard InChI is InChI=1S/C12H14FN3/c13-10-7-14-4-1-8(10)12-9-2-5-15-11(9)3-6-16-12/h2-3,5-6,8,10,14-15H,1,4,7H2/t8-,10-/m1/s1. The van der Waals surface area contributed by atoms with Crippen LogP contribution in [0.1, 0.15) is 18.0 Å². The first-order valence-corrected chi connectivity index (χ1v) is 5.63. The Morgan fingerprint density at radius 3 is 3.19 bits per heavy atom. The van der Waals surface area contributed by atoms with E-state index >= 15 is 0 Å². The minimum absolute atomic E-state index is 0.0688. The summed E-state index contributed by atoms with van der Waals surface area (Å²) in [6.07, 6.45) is 3.62. The van der Waals surface area contributed by atoms with Gasteiger partial charge < -0.3 is 10.3 Å². The smallest absolute Gasteiger partial charge is 0.121 e. The molecule has 3 heterocycles. The van der Waals surface area contributed by atoms with Crippen LogP contribution in [-0.4, -0.2) is 29.2 Å². The second kappa shape index (κ2) is 3.87. The highest BCUT2D eigenvalue weighted by Crippen LogP contribution is 2.30. The number of fused-ring (bicyclic) bond motifs is 1. The summed E-state index contributed by atoms with van der Waals surface area (Å²) < 4.78 is 13.9. The first-order valence-electron chi connectivity index (χ1n) is 5.63. The number of H-pyrrole nitrogens is 1. The highest BCUT2D eigenvalue weighted by atomic mass is 19.1. The quantitative estimate of drug-likeness (QED) is 0.770. The third-order valence-electron chi connectivity index (χ3n) is 3.27. The SMILES string of the molecule is F[C@@H]1CNCC[C@H]1c1nccc2[nH]ccc12. The molecule has 1 fully saturated rings. The fraction of sp³-hybridized carbons (Fsp3) is 0.417. The van der Waals surface area contributed by atoms with Crippen LogP contribution in [0.15, 0.2) is 24.5 Å². The van der Waals surface area contributed by atoms with E-state index in [0.717, 1.165) is 29.6 Å². The summed E-state index contributed by atoms with van der Waals surface area (Å²) in [6.45, 7) is 1.31. The van der Waals surface area contributed by atoms with Crippen molar-refractivity contribution in [3.05, 3.63) is 30.2 Å². The third kappa shape index (κ3) is 1.50. The van der Waals surface area contributed by atoms with Crippen molar-refractivity contribution < 1.29 is 4.39 Å². The maximum absolute atomic E-state index is 13.9. The molecule has 1 saturated heterocycles. The van der Waals surface area contributed by atoms with Crippen molar-refractivity contribution >= 4 is 10.9 Å². The predicted octanol–water partition coefficient (Wildman–Crippen LogP) is 1.98. The maximum Gasteiger partial charge on any atom is 0.121 e. The highest BCUT2D eigenvalue weighted by Gasteiger charge is 2.28. The minimum Gasteiger partial charge on any atom is -0.361 e. The Bertz CT molecular complexity index is 494. The van der Waals surface area contributed by atoms with E-state index in [1.807, 2.05) is 18.3 Å². The van der Waals surface area contributed by atoms with Gasteiger partial charge in [-0.05, 0) is 25.1 Å². The lowest BCUT2D eigenvalue weighted by Gasteiger charge is -2.26. The summed E-state index contributed by atoms with van der Waals surface area (Å²) in [5, 5.41) is 4.12. The number of aromatic amines is 1. The van der Waals surface area contributed by atoms with Crippen LogP contribution in [0.4, 0.5) is 4.39 Å². The summed E-state index contributed by atoms with van der Waals surface area (Å²) in [4.78, 5) is 7.50. The Hall–Kier alpha value is -1.42. The molecular weight excluding hydrogens is 205 g/mol. The van der Waals surface area contributed by atoms with Crippen molar-refractivity contribution in [3.8, 4) is 0 Å². The van der Waals surface area contributed by atoms with E-state index in [-0.39, 0.29) is 5.92 Å². The Kier molecular flexibility index (Phi) is 2.36. The summed E-state index contributed by atoms with van der Waals surface area (Å²) in [6, 6.07) is 3.90. The first kappa shape index (κ1) is 9.78. The van der Waals surface area contributed by atoms with Crippen LogP contribution in [0.3, 0.4) is 0 Å². The molecule has 3 nitrogen and oxygen atoms in total. The zero-order valence-electron chi connectivity index (χ0n) is 8.91. The van der Waals surface area contributed by atoms with Crippen LogP contribution in [0, 0.1) is 0 Å². The second-order valence-electron chi connectivity index (χ2n) is 4.25. The van der Waals surface area contributed by atoms with Crippen molar-refractivity contribution in [2.24, 2.45) is 0 Å². The first-order chi connectivity index (χ1) is 7.86. The van der Waals surface area contributed by atoms with Gasteiger partial charge >= 0.3 is 0 Å². The Balaban J connectivity index is 2.07. The van der Waals surface area contributed by atoms with Crippen LogP contribution >= 0.6 is 0 Å². The number of piperidine rings is 1. The Labute approximate surface area is 93.1 Å². The normalized spacial score (nSPS) is 26.1. The molecule has 0 unspecified atom stereocenters. The third-order valence-corrected chi connectivity index (χ3v) is 3.27. The van der Waals surface area contributed by atoms with E-state index in [0.29, 0.717) is 6.54 Å². The molecule has 2 aromatic heterocycles. The second-order valence-corrected chi connectivity index (χ2v) is 4.25. The summed E-state index contributed by atoms with van der Waals surface area (Å²) in [5.41, 5.74) is 1.93. The molecule has 0 aliphatic carbocycles. The molecule has 3 rings (SSSR count). The number of pyridine rings is 1. The average Bonchev–Trinajstić information content (AvgIpc) is 2.77. The molecule has 2 N–H and O–H groups in total. The maximum atomic E-state index is 13.9. The van der Waals surface area contributed by atoms with Gasteiger partial charge in [0.2, 0.25) is 0 Å². The van der Waals surface area contributed by atoms with Gasteiger partial charge in [-0.15, -0.1) is 0 Å². The number of hydrogen-bond donors (Lipinski definition) is 2. The summed E-state index contributed by atoms with van der Waals surface area (Å²) in [7, 11) is 0. The number of rotatable bonds is 1. The fourth-order valence-corrected chi connectivity index (χ4v) is 2.43. The lowest BCUT2D eigenvalue weighted by molar-refractivity contribution is 0.229. The Morgan fingerprint density at radius 1 is 1.38 bits per heavy atom. The van der Waals surface area contributed by atoms with Crippen molar-refractivity contribution in [2.75, 3.05) is 13.1 Å². The lowest BCUT2D eigenvalue weighted by Crippen LogP contribution is -2.37. The van der Waals surface area contributed by atoms with Crippen LogP contribution < -0.4 is 5.32 Å². The molecule has 16 heavy (non-hydrogen) atoms. The van der Waals surface area contributed by atoms with E-state index < -0.39 is 6.17 Å². The monoisotopic (exact) mass is 219 g/mol. The number of nitrogens with zero attached hydrogens (tertiary/aromatic N) is 1. The van der Waals surface area contributed by atoms with Crippen LogP contribution in [0.25, 0.3) is 10.9 Å². The molecule has 2 atom stereocenters. The van der Waals surface area contributed by atoms with E-state index in [1.165, 1.54) is 0 Å². The van der Waals surface area contributed by atoms with Crippen LogP contribution in [0.5, 0.6) is 0 Å². The minimum atomic E-state index is -0.832. The number of nitrogens with one attached hydrogen (secondary N) is 2. The largest absolute Gasteiger partial charge is 0.361 e. The molecule has 1 aliphatic rings. The molecule has 2 aromatic rings. The molecule has 4 heteroatoms. The van der Waals surface area contributed by atoms with Crippen molar-refractivity contribution in [1.82, 2.24) is 15.3 Å². The van der Waals surface area contributed by atoms with Crippen LogP contribution in [0.2, 0.25) is 0 Å². The molecule has 0 bridgehead atoms. The van der Waals surface area contributed by atoms with Crippen molar-refractivity contribution in [2.45, 2.75) is 18.5 Å². The van der Waals surface area contributed by atoms with Gasteiger partial charge in [-0.2, -0.15) is 0 Å². The number of alkyl halides is 1. The lowest BCUT2D eigenvalue weighted by atomic mass is 9.91. The molecule has 0 saturated carbocycles. The molecule has 0 radical (unpaired) electrons. The topological polar surface area (TPSA) is 40.7 Å². The number of aromatic nitrogens is 2. The van der Waals surface area contributed by atoms with E-state index in [2.05, 4.69) is 15.3 Å². The van der Waals surface area contributed by atoms with E-state index in [1.54, 1.807) is 6.20 Å². The molecule has 1 aliphatic heterocycles. The number of hydrogen-bond acceptors (Lipinski definition) is 2.